The Hall–Kier alpha value is -1.71. The number of nitrogens with zero attached hydrogens (tertiary/aromatic N) is 1. The molecule has 0 unspecified atom stereocenters. The Morgan fingerprint density at radius 1 is 1.27 bits per heavy atom. The molecule has 144 valence electrons. The third kappa shape index (κ3) is 6.22. The quantitative estimate of drug-likeness (QED) is 0.485. The van der Waals surface area contributed by atoms with E-state index < -0.39 is 10.0 Å². The van der Waals surface area contributed by atoms with Gasteiger partial charge in [-0.3, -0.25) is 15.6 Å². The number of rotatable bonds is 6. The number of hydrogen-bond acceptors (Lipinski definition) is 4. The molecule has 26 heavy (non-hydrogen) atoms. The number of piperidine rings is 1. The summed E-state index contributed by atoms with van der Waals surface area (Å²) in [5.41, 5.74) is 6.46. The van der Waals surface area contributed by atoms with Crippen LogP contribution in [0, 0.1) is 5.92 Å². The first-order chi connectivity index (χ1) is 12.4. The van der Waals surface area contributed by atoms with Gasteiger partial charge in [0, 0.05) is 19.6 Å². The summed E-state index contributed by atoms with van der Waals surface area (Å²) in [5.74, 6) is -0.562. The molecule has 0 saturated carbocycles. The van der Waals surface area contributed by atoms with Crippen molar-refractivity contribution >= 4 is 33.3 Å². The number of amides is 1. The van der Waals surface area contributed by atoms with E-state index in [4.69, 9.17) is 12.2 Å². The molecule has 3 N–H and O–H groups in total. The zero-order chi connectivity index (χ0) is 19.0. The molecule has 1 saturated heterocycles. The fraction of sp³-hybridized carbons (Fsp3) is 0.529. The first kappa shape index (κ1) is 20.6. The van der Waals surface area contributed by atoms with E-state index in [1.165, 1.54) is 9.87 Å². The Balaban J connectivity index is 1.71. The maximum atomic E-state index is 12.3. The number of thiocarbonyl (C=S) groups is 1. The third-order valence-corrected chi connectivity index (χ3v) is 6.45. The highest BCUT2D eigenvalue weighted by atomic mass is 32.2. The third-order valence-electron chi connectivity index (χ3n) is 4.35. The summed E-state index contributed by atoms with van der Waals surface area (Å²) in [6.07, 6.45) is 2.16. The van der Waals surface area contributed by atoms with E-state index in [1.807, 2.05) is 30.3 Å². The molecule has 0 radical (unpaired) electrons. The lowest BCUT2D eigenvalue weighted by Crippen LogP contribution is -2.52. The van der Waals surface area contributed by atoms with Crippen LogP contribution in [-0.2, 0) is 21.2 Å². The Morgan fingerprint density at radius 3 is 2.69 bits per heavy atom. The first-order valence-electron chi connectivity index (χ1n) is 8.78. The smallest absolute Gasteiger partial charge is 0.242 e. The first-order valence-corrected chi connectivity index (χ1v) is 10.8. The van der Waals surface area contributed by atoms with E-state index in [0.717, 1.165) is 6.42 Å². The van der Waals surface area contributed by atoms with Crippen LogP contribution >= 0.6 is 12.2 Å². The van der Waals surface area contributed by atoms with Crippen LogP contribution in [0.25, 0.3) is 0 Å². The van der Waals surface area contributed by atoms with Gasteiger partial charge < -0.3 is 5.32 Å². The molecule has 0 bridgehead atoms. The minimum absolute atomic E-state index is 0.0506. The SMILES string of the molecule is CCS(=O)(=O)N1CCC[C@H](C(=O)NNC(=S)NCCc2ccccc2)C1. The Bertz CT molecular complexity index is 710. The summed E-state index contributed by atoms with van der Waals surface area (Å²) in [7, 11) is -3.26. The highest BCUT2D eigenvalue weighted by molar-refractivity contribution is 7.89. The topological polar surface area (TPSA) is 90.5 Å². The second-order valence-electron chi connectivity index (χ2n) is 6.20. The molecule has 7 nitrogen and oxygen atoms in total. The Morgan fingerprint density at radius 2 is 2.00 bits per heavy atom. The van der Waals surface area contributed by atoms with Crippen molar-refractivity contribution in [3.63, 3.8) is 0 Å². The van der Waals surface area contributed by atoms with Gasteiger partial charge in [-0.2, -0.15) is 0 Å². The van der Waals surface area contributed by atoms with Crippen molar-refractivity contribution in [3.8, 4) is 0 Å². The van der Waals surface area contributed by atoms with Gasteiger partial charge >= 0.3 is 0 Å². The van der Waals surface area contributed by atoms with E-state index in [0.29, 0.717) is 31.0 Å². The summed E-state index contributed by atoms with van der Waals surface area (Å²) in [5, 5.41) is 3.37. The molecule has 1 amide bonds. The van der Waals surface area contributed by atoms with Crippen molar-refractivity contribution in [1.82, 2.24) is 20.5 Å². The summed E-state index contributed by atoms with van der Waals surface area (Å²) in [6.45, 7) is 2.96. The summed E-state index contributed by atoms with van der Waals surface area (Å²) < 4.78 is 25.3. The predicted octanol–water partition coefficient (Wildman–Crippen LogP) is 0.786. The molecule has 1 heterocycles. The number of hydrogen-bond donors (Lipinski definition) is 3. The normalized spacial score (nSPS) is 18.1. The van der Waals surface area contributed by atoms with E-state index in [1.54, 1.807) is 6.92 Å². The van der Waals surface area contributed by atoms with E-state index >= 15 is 0 Å². The van der Waals surface area contributed by atoms with Crippen molar-refractivity contribution in [2.45, 2.75) is 26.2 Å². The van der Waals surface area contributed by atoms with Crippen molar-refractivity contribution in [3.05, 3.63) is 35.9 Å². The van der Waals surface area contributed by atoms with Gasteiger partial charge in [-0.05, 0) is 44.0 Å². The minimum Gasteiger partial charge on any atom is -0.361 e. The van der Waals surface area contributed by atoms with Crippen molar-refractivity contribution < 1.29 is 13.2 Å². The molecule has 1 fully saturated rings. The van der Waals surface area contributed by atoms with Gasteiger partial charge in [-0.25, -0.2) is 12.7 Å². The molecule has 1 aromatic carbocycles. The zero-order valence-corrected chi connectivity index (χ0v) is 16.5. The van der Waals surface area contributed by atoms with Crippen LogP contribution in [0.2, 0.25) is 0 Å². The molecular formula is C17H26N4O3S2. The van der Waals surface area contributed by atoms with Crippen LogP contribution in [0.4, 0.5) is 0 Å². The summed E-state index contributed by atoms with van der Waals surface area (Å²) in [6, 6.07) is 10.0. The molecule has 0 aliphatic carbocycles. The van der Waals surface area contributed by atoms with Crippen LogP contribution in [-0.4, -0.2) is 49.1 Å². The van der Waals surface area contributed by atoms with Gasteiger partial charge in [0.15, 0.2) is 5.11 Å². The number of hydrazine groups is 1. The summed E-state index contributed by atoms with van der Waals surface area (Å²) >= 11 is 5.15. The fourth-order valence-electron chi connectivity index (χ4n) is 2.82. The lowest BCUT2D eigenvalue weighted by Gasteiger charge is -2.30. The monoisotopic (exact) mass is 398 g/mol. The van der Waals surface area contributed by atoms with Crippen molar-refractivity contribution in [1.29, 1.82) is 0 Å². The lowest BCUT2D eigenvalue weighted by molar-refractivity contribution is -0.126. The highest BCUT2D eigenvalue weighted by Crippen LogP contribution is 2.19. The average molecular weight is 399 g/mol. The number of sulfonamides is 1. The Kier molecular flexibility index (Phi) is 7.80. The predicted molar refractivity (Wildman–Crippen MR) is 106 cm³/mol. The van der Waals surface area contributed by atoms with Gasteiger partial charge in [0.1, 0.15) is 0 Å². The average Bonchev–Trinajstić information content (AvgIpc) is 2.67. The van der Waals surface area contributed by atoms with E-state index in [9.17, 15) is 13.2 Å². The lowest BCUT2D eigenvalue weighted by atomic mass is 9.99. The summed E-state index contributed by atoms with van der Waals surface area (Å²) in [4.78, 5) is 12.3. The molecule has 0 aromatic heterocycles. The van der Waals surface area contributed by atoms with Gasteiger partial charge in [0.25, 0.3) is 0 Å². The fourth-order valence-corrected chi connectivity index (χ4v) is 4.15. The molecule has 9 heteroatoms. The second kappa shape index (κ2) is 9.84. The molecule has 1 aliphatic heterocycles. The molecule has 1 aliphatic rings. The maximum absolute atomic E-state index is 12.3. The molecule has 1 aromatic rings. The molecule has 1 atom stereocenters. The van der Waals surface area contributed by atoms with Crippen molar-refractivity contribution in [2.24, 2.45) is 5.92 Å². The Labute approximate surface area is 160 Å². The number of carbonyl (C=O) groups is 1. The van der Waals surface area contributed by atoms with E-state index in [2.05, 4.69) is 16.2 Å². The number of benzene rings is 1. The van der Waals surface area contributed by atoms with Gasteiger partial charge in [-0.15, -0.1) is 0 Å². The standard InChI is InChI=1S/C17H26N4O3S2/c1-2-26(23,24)21-12-6-9-15(13-21)16(22)19-20-17(25)18-11-10-14-7-4-3-5-8-14/h3-5,7-8,15H,2,6,9-13H2,1H3,(H,19,22)(H2,18,20,25)/t15-/m0/s1. The largest absolute Gasteiger partial charge is 0.361 e. The van der Waals surface area contributed by atoms with E-state index in [-0.39, 0.29) is 24.1 Å². The van der Waals surface area contributed by atoms with Crippen LogP contribution < -0.4 is 16.2 Å². The second-order valence-corrected chi connectivity index (χ2v) is 8.87. The van der Waals surface area contributed by atoms with Gasteiger partial charge in [-0.1, -0.05) is 30.3 Å². The number of nitrogens with one attached hydrogen (secondary N) is 3. The maximum Gasteiger partial charge on any atom is 0.242 e. The van der Waals surface area contributed by atoms with Crippen LogP contribution in [0.15, 0.2) is 30.3 Å². The minimum atomic E-state index is -3.26. The molecular weight excluding hydrogens is 372 g/mol. The zero-order valence-electron chi connectivity index (χ0n) is 14.9. The van der Waals surface area contributed by atoms with Crippen LogP contribution in [0.1, 0.15) is 25.3 Å². The van der Waals surface area contributed by atoms with Gasteiger partial charge in [0.05, 0.1) is 11.7 Å². The highest BCUT2D eigenvalue weighted by Gasteiger charge is 2.31. The van der Waals surface area contributed by atoms with Gasteiger partial charge in [0.2, 0.25) is 15.9 Å². The van der Waals surface area contributed by atoms with Crippen LogP contribution in [0.3, 0.4) is 0 Å². The molecule has 2 rings (SSSR count). The molecule has 0 spiro atoms. The van der Waals surface area contributed by atoms with Crippen LogP contribution in [0.5, 0.6) is 0 Å². The van der Waals surface area contributed by atoms with Crippen molar-refractivity contribution in [2.75, 3.05) is 25.4 Å². The number of carbonyl (C=O) groups excluding carboxylic acids is 1.